The van der Waals surface area contributed by atoms with E-state index in [9.17, 15) is 4.79 Å². The zero-order valence-corrected chi connectivity index (χ0v) is 17.9. The van der Waals surface area contributed by atoms with Crippen LogP contribution in [-0.2, 0) is 6.54 Å². The van der Waals surface area contributed by atoms with Gasteiger partial charge >= 0.3 is 0 Å². The van der Waals surface area contributed by atoms with Crippen LogP contribution in [0.3, 0.4) is 0 Å². The number of amidine groups is 1. The van der Waals surface area contributed by atoms with E-state index in [0.29, 0.717) is 24.6 Å². The molecule has 0 fully saturated rings. The van der Waals surface area contributed by atoms with Gasteiger partial charge in [-0.25, -0.2) is 0 Å². The van der Waals surface area contributed by atoms with Gasteiger partial charge in [-0.15, -0.1) is 17.0 Å². The molecule has 1 unspecified atom stereocenters. The van der Waals surface area contributed by atoms with Gasteiger partial charge in [-0.05, 0) is 42.3 Å². The van der Waals surface area contributed by atoms with Gasteiger partial charge in [0.1, 0.15) is 17.6 Å². The maximum atomic E-state index is 13.5. The summed E-state index contributed by atoms with van der Waals surface area (Å²) in [5.41, 5.74) is 3.47. The van der Waals surface area contributed by atoms with E-state index < -0.39 is 6.04 Å². The first kappa shape index (κ1) is 20.8. The molecule has 0 aliphatic carbocycles. The molecule has 3 aromatic rings. The van der Waals surface area contributed by atoms with Gasteiger partial charge in [0.05, 0.1) is 6.61 Å². The minimum absolute atomic E-state index is 0. The van der Waals surface area contributed by atoms with Crippen LogP contribution >= 0.6 is 17.0 Å². The maximum absolute atomic E-state index is 13.5. The first-order valence-electron chi connectivity index (χ1n) is 9.44. The molecule has 29 heavy (non-hydrogen) atoms. The third-order valence-electron chi connectivity index (χ3n) is 5.03. The van der Waals surface area contributed by atoms with E-state index in [4.69, 9.17) is 10.1 Å². The Balaban J connectivity index is 0.00000240. The van der Waals surface area contributed by atoms with Crippen LogP contribution in [0.4, 0.5) is 0 Å². The molecular formula is C24H23BrN2O2. The van der Waals surface area contributed by atoms with E-state index in [-0.39, 0.29) is 22.8 Å². The van der Waals surface area contributed by atoms with E-state index in [1.165, 1.54) is 0 Å². The van der Waals surface area contributed by atoms with Crippen molar-refractivity contribution < 1.29 is 9.53 Å². The molecule has 1 aliphatic heterocycles. The van der Waals surface area contributed by atoms with Crippen molar-refractivity contribution in [3.63, 3.8) is 0 Å². The highest BCUT2D eigenvalue weighted by Crippen LogP contribution is 2.33. The lowest BCUT2D eigenvalue weighted by Gasteiger charge is -2.29. The number of carbonyl (C=O) groups excluding carboxylic acids is 1. The molecule has 0 spiro atoms. The van der Waals surface area contributed by atoms with E-state index in [2.05, 4.69) is 0 Å². The second-order valence-corrected chi connectivity index (χ2v) is 6.77. The van der Waals surface area contributed by atoms with Gasteiger partial charge in [-0.1, -0.05) is 54.6 Å². The van der Waals surface area contributed by atoms with Gasteiger partial charge < -0.3 is 9.64 Å². The topological polar surface area (TPSA) is 53.4 Å². The average molecular weight is 451 g/mol. The van der Waals surface area contributed by atoms with Gasteiger partial charge in [-0.2, -0.15) is 0 Å². The average Bonchev–Trinajstić information content (AvgIpc) is 3.06. The Morgan fingerprint density at radius 2 is 1.66 bits per heavy atom. The highest BCUT2D eigenvalue weighted by atomic mass is 79.9. The van der Waals surface area contributed by atoms with Crippen LogP contribution < -0.4 is 4.74 Å². The Morgan fingerprint density at radius 3 is 2.31 bits per heavy atom. The number of nitrogens with zero attached hydrogens (tertiary/aromatic N) is 1. The highest BCUT2D eigenvalue weighted by molar-refractivity contribution is 8.93. The molecule has 4 nitrogen and oxygen atoms in total. The van der Waals surface area contributed by atoms with Crippen molar-refractivity contribution in [1.82, 2.24) is 4.90 Å². The fourth-order valence-electron chi connectivity index (χ4n) is 3.68. The van der Waals surface area contributed by atoms with Crippen LogP contribution in [0.5, 0.6) is 5.75 Å². The number of Topliss-reactive ketones (excluding diaryl/α,β-unsaturated/α-hetero) is 1. The first-order chi connectivity index (χ1) is 13.7. The molecule has 3 aromatic carbocycles. The summed E-state index contributed by atoms with van der Waals surface area (Å²) in [7, 11) is 0. The van der Waals surface area contributed by atoms with Gasteiger partial charge in [0.2, 0.25) is 0 Å². The number of benzene rings is 3. The van der Waals surface area contributed by atoms with Crippen molar-refractivity contribution in [2.45, 2.75) is 19.5 Å². The quantitative estimate of drug-likeness (QED) is 0.509. The van der Waals surface area contributed by atoms with Crippen molar-refractivity contribution >= 4 is 28.6 Å². The second-order valence-electron chi connectivity index (χ2n) is 6.77. The van der Waals surface area contributed by atoms with E-state index >= 15 is 0 Å². The highest BCUT2D eigenvalue weighted by Gasteiger charge is 2.35. The monoisotopic (exact) mass is 450 g/mol. The third kappa shape index (κ3) is 4.10. The third-order valence-corrected chi connectivity index (χ3v) is 5.03. The van der Waals surface area contributed by atoms with Crippen molar-refractivity contribution in [2.75, 3.05) is 6.61 Å². The number of halogens is 1. The fraction of sp³-hybridized carbons (Fsp3) is 0.167. The van der Waals surface area contributed by atoms with Crippen LogP contribution in [-0.4, -0.2) is 23.1 Å². The molecule has 4 rings (SSSR count). The lowest BCUT2D eigenvalue weighted by atomic mass is 9.96. The number of fused-ring (bicyclic) bond motifs is 1. The van der Waals surface area contributed by atoms with Gasteiger partial charge in [-0.3, -0.25) is 10.2 Å². The smallest absolute Gasteiger partial charge is 0.189 e. The zero-order chi connectivity index (χ0) is 19.5. The fourth-order valence-corrected chi connectivity index (χ4v) is 3.68. The summed E-state index contributed by atoms with van der Waals surface area (Å²) in [5.74, 6) is 1.12. The van der Waals surface area contributed by atoms with E-state index in [1.807, 2.05) is 78.6 Å². The Hall–Kier alpha value is -2.92. The minimum atomic E-state index is -0.543. The number of carbonyl (C=O) groups is 1. The van der Waals surface area contributed by atoms with Crippen LogP contribution in [0.1, 0.15) is 40.0 Å². The molecule has 0 bridgehead atoms. The number of rotatable bonds is 6. The molecule has 0 radical (unpaired) electrons. The molecule has 1 N–H and O–H groups in total. The number of hydrogen-bond donors (Lipinski definition) is 1. The Morgan fingerprint density at radius 1 is 1.00 bits per heavy atom. The predicted octanol–water partition coefficient (Wildman–Crippen LogP) is 5.43. The van der Waals surface area contributed by atoms with Crippen molar-refractivity contribution in [1.29, 1.82) is 5.41 Å². The molecule has 0 saturated carbocycles. The first-order valence-corrected chi connectivity index (χ1v) is 9.44. The van der Waals surface area contributed by atoms with Gasteiger partial charge in [0.25, 0.3) is 0 Å². The van der Waals surface area contributed by atoms with Gasteiger partial charge in [0, 0.05) is 17.7 Å². The van der Waals surface area contributed by atoms with E-state index in [1.54, 1.807) is 12.1 Å². The molecule has 1 heterocycles. The molecule has 0 amide bonds. The predicted molar refractivity (Wildman–Crippen MR) is 120 cm³/mol. The van der Waals surface area contributed by atoms with Crippen LogP contribution in [0, 0.1) is 5.41 Å². The zero-order valence-electron chi connectivity index (χ0n) is 16.2. The summed E-state index contributed by atoms with van der Waals surface area (Å²) in [6, 6.07) is 24.3. The number of nitrogens with one attached hydrogen (secondary N) is 1. The molecular weight excluding hydrogens is 428 g/mol. The number of ether oxygens (including phenoxy) is 1. The van der Waals surface area contributed by atoms with Crippen molar-refractivity contribution in [3.05, 3.63) is 101 Å². The Kier molecular flexibility index (Phi) is 6.49. The molecule has 148 valence electrons. The summed E-state index contributed by atoms with van der Waals surface area (Å²) in [5, 5.41) is 8.67. The standard InChI is InChI=1S/C24H22N2O2.BrH/c1-2-28-20-14-12-18(13-15-20)23(27)22(17-8-4-3-5-9-17)26-16-19-10-6-7-11-21(19)24(26)25;/h3-15,22,25H,2,16H2,1H3;1H. The van der Waals surface area contributed by atoms with Crippen molar-refractivity contribution in [2.24, 2.45) is 0 Å². The SMILES string of the molecule is Br.CCOc1ccc(C(=O)C(c2ccccc2)N2Cc3ccccc3C2=N)cc1. The Bertz CT molecular complexity index is 1000. The molecule has 0 saturated heterocycles. The molecule has 5 heteroatoms. The van der Waals surface area contributed by atoms with Gasteiger partial charge in [0.15, 0.2) is 5.78 Å². The van der Waals surface area contributed by atoms with Crippen LogP contribution in [0.25, 0.3) is 0 Å². The minimum Gasteiger partial charge on any atom is -0.494 e. The lowest BCUT2D eigenvalue weighted by Crippen LogP contribution is -2.34. The van der Waals surface area contributed by atoms with Crippen LogP contribution in [0.15, 0.2) is 78.9 Å². The summed E-state index contributed by atoms with van der Waals surface area (Å²) in [4.78, 5) is 15.4. The number of hydrogen-bond acceptors (Lipinski definition) is 3. The largest absolute Gasteiger partial charge is 0.494 e. The van der Waals surface area contributed by atoms with Crippen LogP contribution in [0.2, 0.25) is 0 Å². The molecule has 0 aromatic heterocycles. The molecule has 1 atom stereocenters. The number of ketones is 1. The summed E-state index contributed by atoms with van der Waals surface area (Å²) in [6.45, 7) is 3.07. The normalized spacial score (nSPS) is 13.4. The summed E-state index contributed by atoms with van der Waals surface area (Å²) in [6.07, 6.45) is 0. The lowest BCUT2D eigenvalue weighted by molar-refractivity contribution is 0.0886. The molecule has 1 aliphatic rings. The maximum Gasteiger partial charge on any atom is 0.189 e. The van der Waals surface area contributed by atoms with Crippen molar-refractivity contribution in [3.8, 4) is 5.75 Å². The van der Waals surface area contributed by atoms with E-state index in [0.717, 1.165) is 22.4 Å². The summed E-state index contributed by atoms with van der Waals surface area (Å²) >= 11 is 0. The second kappa shape index (κ2) is 9.05. The summed E-state index contributed by atoms with van der Waals surface area (Å²) < 4.78 is 5.49. The Labute approximate surface area is 181 Å².